The smallest absolute Gasteiger partial charge is 0.262 e. The molecule has 1 saturated heterocycles. The van der Waals surface area contributed by atoms with Crippen LogP contribution < -0.4 is 10.1 Å². The Kier molecular flexibility index (Phi) is 6.21. The van der Waals surface area contributed by atoms with Crippen molar-refractivity contribution in [2.24, 2.45) is 7.05 Å². The van der Waals surface area contributed by atoms with Crippen LogP contribution in [0.15, 0.2) is 36.5 Å². The van der Waals surface area contributed by atoms with Crippen molar-refractivity contribution < 1.29 is 14.3 Å². The van der Waals surface area contributed by atoms with Crippen LogP contribution in [0.3, 0.4) is 0 Å². The number of ether oxygens (including phenoxy) is 2. The molecule has 1 aliphatic heterocycles. The first-order chi connectivity index (χ1) is 16.5. The van der Waals surface area contributed by atoms with E-state index in [1.807, 2.05) is 39.1 Å². The van der Waals surface area contributed by atoms with Crippen LogP contribution in [-0.2, 0) is 23.1 Å². The number of aromatic nitrogens is 4. The van der Waals surface area contributed by atoms with Crippen molar-refractivity contribution in [3.63, 3.8) is 0 Å². The predicted molar refractivity (Wildman–Crippen MR) is 131 cm³/mol. The van der Waals surface area contributed by atoms with Gasteiger partial charge in [-0.3, -0.25) is 9.69 Å². The number of anilines is 1. The molecule has 0 atom stereocenters. The molecule has 1 fully saturated rings. The van der Waals surface area contributed by atoms with Gasteiger partial charge in [0.05, 0.1) is 18.6 Å². The van der Waals surface area contributed by atoms with Gasteiger partial charge in [-0.2, -0.15) is 0 Å². The number of nitrogens with one attached hydrogen (secondary N) is 1. The molecule has 34 heavy (non-hydrogen) atoms. The molecule has 1 aliphatic rings. The van der Waals surface area contributed by atoms with Gasteiger partial charge in [0.1, 0.15) is 0 Å². The van der Waals surface area contributed by atoms with Gasteiger partial charge in [-0.05, 0) is 49.7 Å². The summed E-state index contributed by atoms with van der Waals surface area (Å²) in [6.07, 6.45) is 2.10. The van der Waals surface area contributed by atoms with E-state index in [2.05, 4.69) is 43.2 Å². The molecule has 1 aromatic carbocycles. The maximum Gasteiger partial charge on any atom is 0.262 e. The minimum absolute atomic E-state index is 0.127. The maximum absolute atomic E-state index is 12.6. The van der Waals surface area contributed by atoms with Gasteiger partial charge in [0.25, 0.3) is 5.91 Å². The van der Waals surface area contributed by atoms with E-state index < -0.39 is 0 Å². The average Bonchev–Trinajstić information content (AvgIpc) is 3.37. The predicted octanol–water partition coefficient (Wildman–Crippen LogP) is 2.89. The van der Waals surface area contributed by atoms with Crippen LogP contribution in [0.25, 0.3) is 21.9 Å². The Labute approximate surface area is 198 Å². The molecule has 4 heterocycles. The quantitative estimate of drug-likeness (QED) is 0.455. The molecule has 0 bridgehead atoms. The third-order valence-corrected chi connectivity index (χ3v) is 6.24. The Morgan fingerprint density at radius 2 is 1.97 bits per heavy atom. The van der Waals surface area contributed by atoms with Gasteiger partial charge in [-0.1, -0.05) is 0 Å². The Bertz CT molecular complexity index is 1340. The number of hydrogen-bond acceptors (Lipinski definition) is 6. The van der Waals surface area contributed by atoms with E-state index >= 15 is 0 Å². The number of amides is 1. The van der Waals surface area contributed by atoms with Crippen LogP contribution in [0.4, 0.5) is 5.69 Å². The summed E-state index contributed by atoms with van der Waals surface area (Å²) in [6, 6.07) is 10.0. The SMILES string of the molecule is Cc1cc(C)c2c(OCC(=O)Nc3ccc4c(ccn4CCN4CCOCC4)c3)nn(C)c2n1. The zero-order valence-corrected chi connectivity index (χ0v) is 19.9. The molecule has 0 radical (unpaired) electrons. The number of hydrogen-bond donors (Lipinski definition) is 1. The molecular weight excluding hydrogens is 432 g/mol. The minimum Gasteiger partial charge on any atom is -0.466 e. The standard InChI is InChI=1S/C25H30N6O3/c1-17-14-18(2)26-24-23(17)25(28-29(24)3)34-16-22(32)27-20-4-5-21-19(15-20)6-7-31(21)9-8-30-10-12-33-13-11-30/h4-7,14-15H,8-13,16H2,1-3H3,(H,27,32). The van der Waals surface area contributed by atoms with Gasteiger partial charge in [0.2, 0.25) is 5.88 Å². The number of benzene rings is 1. The summed E-state index contributed by atoms with van der Waals surface area (Å²) in [6.45, 7) is 9.34. The second-order valence-corrected chi connectivity index (χ2v) is 8.78. The molecule has 178 valence electrons. The van der Waals surface area contributed by atoms with E-state index in [1.54, 1.807) is 4.68 Å². The third-order valence-electron chi connectivity index (χ3n) is 6.24. The lowest BCUT2D eigenvalue weighted by Crippen LogP contribution is -2.38. The summed E-state index contributed by atoms with van der Waals surface area (Å²) in [7, 11) is 1.82. The fourth-order valence-corrected chi connectivity index (χ4v) is 4.53. The molecule has 1 amide bonds. The van der Waals surface area contributed by atoms with E-state index in [-0.39, 0.29) is 12.5 Å². The first-order valence-corrected chi connectivity index (χ1v) is 11.6. The van der Waals surface area contributed by atoms with Crippen LogP contribution in [0.2, 0.25) is 0 Å². The molecule has 9 nitrogen and oxygen atoms in total. The van der Waals surface area contributed by atoms with Crippen molar-refractivity contribution >= 4 is 33.5 Å². The normalized spacial score (nSPS) is 14.7. The van der Waals surface area contributed by atoms with Gasteiger partial charge < -0.3 is 19.4 Å². The lowest BCUT2D eigenvalue weighted by Gasteiger charge is -2.26. The summed E-state index contributed by atoms with van der Waals surface area (Å²) < 4.78 is 15.1. The van der Waals surface area contributed by atoms with Gasteiger partial charge in [0, 0.05) is 61.7 Å². The number of carbonyl (C=O) groups is 1. The van der Waals surface area contributed by atoms with E-state index in [9.17, 15) is 4.79 Å². The molecule has 4 aromatic rings. The molecule has 0 spiro atoms. The Balaban J connectivity index is 1.21. The number of nitrogens with zero attached hydrogens (tertiary/aromatic N) is 5. The maximum atomic E-state index is 12.6. The highest BCUT2D eigenvalue weighted by Crippen LogP contribution is 2.27. The number of rotatable bonds is 7. The molecule has 0 unspecified atom stereocenters. The Morgan fingerprint density at radius 3 is 2.79 bits per heavy atom. The van der Waals surface area contributed by atoms with Crippen molar-refractivity contribution in [2.45, 2.75) is 20.4 Å². The highest BCUT2D eigenvalue weighted by Gasteiger charge is 2.16. The van der Waals surface area contributed by atoms with Crippen LogP contribution >= 0.6 is 0 Å². The highest BCUT2D eigenvalue weighted by atomic mass is 16.5. The molecule has 3 aromatic heterocycles. The Morgan fingerprint density at radius 1 is 1.15 bits per heavy atom. The van der Waals surface area contributed by atoms with Crippen molar-refractivity contribution in [3.8, 4) is 5.88 Å². The molecule has 5 rings (SSSR count). The zero-order valence-electron chi connectivity index (χ0n) is 19.9. The second kappa shape index (κ2) is 9.44. The fraction of sp³-hybridized carbons (Fsp3) is 0.400. The van der Waals surface area contributed by atoms with Gasteiger partial charge in [0.15, 0.2) is 12.3 Å². The average molecular weight is 463 g/mol. The zero-order chi connectivity index (χ0) is 23.7. The van der Waals surface area contributed by atoms with Crippen LogP contribution in [0.5, 0.6) is 5.88 Å². The van der Waals surface area contributed by atoms with Crippen molar-refractivity contribution in [2.75, 3.05) is 44.8 Å². The first-order valence-electron chi connectivity index (χ1n) is 11.6. The lowest BCUT2D eigenvalue weighted by molar-refractivity contribution is -0.118. The first kappa shape index (κ1) is 22.4. The minimum atomic E-state index is -0.234. The monoisotopic (exact) mass is 462 g/mol. The number of carbonyl (C=O) groups excluding carboxylic acids is 1. The van der Waals surface area contributed by atoms with E-state index in [0.29, 0.717) is 5.88 Å². The molecule has 1 N–H and O–H groups in total. The van der Waals surface area contributed by atoms with Crippen molar-refractivity contribution in [3.05, 3.63) is 47.8 Å². The molecule has 0 aliphatic carbocycles. The third kappa shape index (κ3) is 4.62. The van der Waals surface area contributed by atoms with E-state index in [1.165, 1.54) is 0 Å². The summed E-state index contributed by atoms with van der Waals surface area (Å²) >= 11 is 0. The molecule has 0 saturated carbocycles. The molecular formula is C25H30N6O3. The van der Waals surface area contributed by atoms with Gasteiger partial charge >= 0.3 is 0 Å². The van der Waals surface area contributed by atoms with Crippen LogP contribution in [0.1, 0.15) is 11.3 Å². The number of fused-ring (bicyclic) bond motifs is 2. The topological polar surface area (TPSA) is 86.4 Å². The summed E-state index contributed by atoms with van der Waals surface area (Å²) in [5, 5.41) is 9.26. The number of pyridine rings is 1. The summed E-state index contributed by atoms with van der Waals surface area (Å²) in [5.41, 5.74) is 4.58. The number of aryl methyl sites for hydroxylation is 3. The van der Waals surface area contributed by atoms with Gasteiger partial charge in [-0.25, -0.2) is 9.67 Å². The fourth-order valence-electron chi connectivity index (χ4n) is 4.53. The molecule has 9 heteroatoms. The van der Waals surface area contributed by atoms with Crippen molar-refractivity contribution in [1.82, 2.24) is 24.2 Å². The van der Waals surface area contributed by atoms with E-state index in [0.717, 1.165) is 78.3 Å². The van der Waals surface area contributed by atoms with Crippen LogP contribution in [0, 0.1) is 13.8 Å². The number of morpholine rings is 1. The van der Waals surface area contributed by atoms with E-state index in [4.69, 9.17) is 9.47 Å². The second-order valence-electron chi connectivity index (χ2n) is 8.78. The van der Waals surface area contributed by atoms with Crippen LogP contribution in [-0.4, -0.2) is 69.6 Å². The van der Waals surface area contributed by atoms with Gasteiger partial charge in [-0.15, -0.1) is 5.10 Å². The summed E-state index contributed by atoms with van der Waals surface area (Å²) in [4.78, 5) is 19.5. The Hall–Kier alpha value is -3.43. The highest BCUT2D eigenvalue weighted by molar-refractivity contribution is 5.95. The summed E-state index contributed by atoms with van der Waals surface area (Å²) in [5.74, 6) is 0.188. The lowest BCUT2D eigenvalue weighted by atomic mass is 10.2. The largest absolute Gasteiger partial charge is 0.466 e. The van der Waals surface area contributed by atoms with Crippen molar-refractivity contribution in [1.29, 1.82) is 0 Å².